The average Bonchev–Trinajstić information content (AvgIpc) is 3.03. The fraction of sp³-hybridized carbons (Fsp3) is 0.200. The van der Waals surface area contributed by atoms with Crippen LogP contribution in [-0.4, -0.2) is 16.3 Å². The fourth-order valence-electron chi connectivity index (χ4n) is 2.21. The van der Waals surface area contributed by atoms with Crippen molar-refractivity contribution < 1.29 is 9.15 Å². The van der Waals surface area contributed by atoms with Gasteiger partial charge < -0.3 is 9.15 Å². The minimum Gasteiger partial charge on any atom is -0.491 e. The molecule has 3 aromatic rings. The Morgan fingerprint density at radius 3 is 2.29 bits per heavy atom. The van der Waals surface area contributed by atoms with Gasteiger partial charge in [-0.1, -0.05) is 29.8 Å². The molecule has 1 heterocycles. The van der Waals surface area contributed by atoms with Crippen LogP contribution in [0, 0.1) is 6.92 Å². The normalized spacial score (nSPS) is 11.3. The van der Waals surface area contributed by atoms with Crippen molar-refractivity contribution in [2.45, 2.75) is 26.9 Å². The van der Waals surface area contributed by atoms with Crippen LogP contribution in [0.2, 0.25) is 0 Å². The smallest absolute Gasteiger partial charge is 0.248 e. The molecular weight excluding hydrogens is 300 g/mol. The molecule has 2 aromatic carbocycles. The van der Waals surface area contributed by atoms with Gasteiger partial charge in [-0.05, 0) is 56.7 Å². The van der Waals surface area contributed by atoms with Gasteiger partial charge in [-0.15, -0.1) is 10.2 Å². The number of rotatable bonds is 5. The van der Waals surface area contributed by atoms with E-state index in [-0.39, 0.29) is 6.10 Å². The molecule has 0 aliphatic rings. The summed E-state index contributed by atoms with van der Waals surface area (Å²) in [5.74, 6) is 1.87. The second-order valence-corrected chi connectivity index (χ2v) is 5.88. The molecule has 4 heteroatoms. The highest BCUT2D eigenvalue weighted by atomic mass is 16.5. The van der Waals surface area contributed by atoms with E-state index < -0.39 is 0 Å². The third kappa shape index (κ3) is 4.10. The Morgan fingerprint density at radius 2 is 1.62 bits per heavy atom. The molecule has 0 aliphatic heterocycles. The number of aromatic nitrogens is 2. The van der Waals surface area contributed by atoms with Crippen molar-refractivity contribution in [2.75, 3.05) is 0 Å². The van der Waals surface area contributed by atoms with Crippen LogP contribution >= 0.6 is 0 Å². The summed E-state index contributed by atoms with van der Waals surface area (Å²) >= 11 is 0. The highest BCUT2D eigenvalue weighted by molar-refractivity contribution is 5.66. The summed E-state index contributed by atoms with van der Waals surface area (Å²) in [4.78, 5) is 0. The monoisotopic (exact) mass is 320 g/mol. The van der Waals surface area contributed by atoms with Gasteiger partial charge in [0.25, 0.3) is 0 Å². The van der Waals surface area contributed by atoms with Crippen LogP contribution in [0.3, 0.4) is 0 Å². The summed E-state index contributed by atoms with van der Waals surface area (Å²) in [5.41, 5.74) is 3.16. The van der Waals surface area contributed by atoms with Gasteiger partial charge in [-0.3, -0.25) is 0 Å². The second kappa shape index (κ2) is 7.13. The summed E-state index contributed by atoms with van der Waals surface area (Å²) < 4.78 is 11.3. The summed E-state index contributed by atoms with van der Waals surface area (Å²) in [6.45, 7) is 6.06. The Morgan fingerprint density at radius 1 is 0.917 bits per heavy atom. The number of aryl methyl sites for hydroxylation is 1. The van der Waals surface area contributed by atoms with E-state index in [1.54, 1.807) is 0 Å². The first-order valence-electron chi connectivity index (χ1n) is 7.95. The van der Waals surface area contributed by atoms with E-state index >= 15 is 0 Å². The topological polar surface area (TPSA) is 48.2 Å². The summed E-state index contributed by atoms with van der Waals surface area (Å²) in [6, 6.07) is 15.9. The minimum atomic E-state index is 0.171. The lowest BCUT2D eigenvalue weighted by atomic mass is 10.1. The summed E-state index contributed by atoms with van der Waals surface area (Å²) in [6.07, 6.45) is 3.92. The van der Waals surface area contributed by atoms with Crippen molar-refractivity contribution in [1.29, 1.82) is 0 Å². The summed E-state index contributed by atoms with van der Waals surface area (Å²) in [5, 5.41) is 8.15. The molecule has 0 atom stereocenters. The molecule has 0 saturated carbocycles. The lowest BCUT2D eigenvalue weighted by Gasteiger charge is -2.09. The van der Waals surface area contributed by atoms with Crippen molar-refractivity contribution in [2.24, 2.45) is 0 Å². The number of hydrogen-bond acceptors (Lipinski definition) is 4. The van der Waals surface area contributed by atoms with E-state index in [0.717, 1.165) is 16.9 Å². The number of nitrogens with zero attached hydrogens (tertiary/aromatic N) is 2. The number of ether oxygens (including phenoxy) is 1. The maximum Gasteiger partial charge on any atom is 0.248 e. The molecule has 0 unspecified atom stereocenters. The molecule has 0 N–H and O–H groups in total. The van der Waals surface area contributed by atoms with Gasteiger partial charge in [-0.2, -0.15) is 0 Å². The average molecular weight is 320 g/mol. The third-order valence-corrected chi connectivity index (χ3v) is 3.41. The van der Waals surface area contributed by atoms with Crippen LogP contribution in [0.15, 0.2) is 52.9 Å². The van der Waals surface area contributed by atoms with Crippen LogP contribution in [0.1, 0.15) is 30.9 Å². The van der Waals surface area contributed by atoms with Crippen molar-refractivity contribution >= 4 is 12.2 Å². The highest BCUT2D eigenvalue weighted by Crippen LogP contribution is 2.20. The standard InChI is InChI=1S/C20H20N2O2/c1-14(2)23-18-11-6-16(7-12-18)8-13-19-21-22-20(24-19)17-9-4-15(3)5-10-17/h4-14H,1-3H3/b13-8+. The van der Waals surface area contributed by atoms with Crippen LogP contribution in [-0.2, 0) is 0 Å². The van der Waals surface area contributed by atoms with Crippen LogP contribution in [0.5, 0.6) is 5.75 Å². The van der Waals surface area contributed by atoms with Crippen molar-refractivity contribution in [1.82, 2.24) is 10.2 Å². The SMILES string of the molecule is Cc1ccc(-c2nnc(/C=C/c3ccc(OC(C)C)cc3)o2)cc1. The van der Waals surface area contributed by atoms with Gasteiger partial charge in [0.2, 0.25) is 11.8 Å². The van der Waals surface area contributed by atoms with Crippen molar-refractivity contribution in [3.05, 3.63) is 65.5 Å². The predicted octanol–water partition coefficient (Wildman–Crippen LogP) is 5.00. The molecule has 0 bridgehead atoms. The molecule has 0 saturated heterocycles. The molecule has 24 heavy (non-hydrogen) atoms. The van der Waals surface area contributed by atoms with E-state index in [0.29, 0.717) is 11.8 Å². The van der Waals surface area contributed by atoms with E-state index in [1.807, 2.05) is 81.5 Å². The summed E-state index contributed by atoms with van der Waals surface area (Å²) in [7, 11) is 0. The van der Waals surface area contributed by atoms with Gasteiger partial charge in [-0.25, -0.2) is 0 Å². The molecule has 0 amide bonds. The first kappa shape index (κ1) is 16.0. The quantitative estimate of drug-likeness (QED) is 0.663. The van der Waals surface area contributed by atoms with E-state index in [2.05, 4.69) is 10.2 Å². The lowest BCUT2D eigenvalue weighted by molar-refractivity contribution is 0.242. The van der Waals surface area contributed by atoms with Gasteiger partial charge >= 0.3 is 0 Å². The Bertz CT molecular complexity index is 816. The maximum atomic E-state index is 5.67. The Labute approximate surface area is 141 Å². The van der Waals surface area contributed by atoms with E-state index in [4.69, 9.17) is 9.15 Å². The number of benzene rings is 2. The Kier molecular flexibility index (Phi) is 4.75. The molecular formula is C20H20N2O2. The van der Waals surface area contributed by atoms with Crippen LogP contribution in [0.25, 0.3) is 23.6 Å². The first-order chi connectivity index (χ1) is 11.6. The third-order valence-electron chi connectivity index (χ3n) is 3.41. The van der Waals surface area contributed by atoms with Gasteiger partial charge in [0.05, 0.1) is 6.10 Å². The maximum absolute atomic E-state index is 5.67. The zero-order chi connectivity index (χ0) is 16.9. The van der Waals surface area contributed by atoms with E-state index in [1.165, 1.54) is 5.56 Å². The zero-order valence-corrected chi connectivity index (χ0v) is 14.1. The van der Waals surface area contributed by atoms with Crippen LogP contribution in [0.4, 0.5) is 0 Å². The molecule has 0 radical (unpaired) electrons. The fourth-order valence-corrected chi connectivity index (χ4v) is 2.21. The first-order valence-corrected chi connectivity index (χ1v) is 7.95. The van der Waals surface area contributed by atoms with Crippen molar-refractivity contribution in [3.63, 3.8) is 0 Å². The second-order valence-electron chi connectivity index (χ2n) is 5.88. The molecule has 122 valence electrons. The van der Waals surface area contributed by atoms with Crippen molar-refractivity contribution in [3.8, 4) is 17.2 Å². The molecule has 4 nitrogen and oxygen atoms in total. The zero-order valence-electron chi connectivity index (χ0n) is 14.1. The molecule has 0 fully saturated rings. The minimum absolute atomic E-state index is 0.171. The molecule has 1 aromatic heterocycles. The lowest BCUT2D eigenvalue weighted by Crippen LogP contribution is -2.05. The Balaban J connectivity index is 1.70. The van der Waals surface area contributed by atoms with Gasteiger partial charge in [0.1, 0.15) is 5.75 Å². The largest absolute Gasteiger partial charge is 0.491 e. The van der Waals surface area contributed by atoms with Gasteiger partial charge in [0, 0.05) is 11.6 Å². The van der Waals surface area contributed by atoms with E-state index in [9.17, 15) is 0 Å². The van der Waals surface area contributed by atoms with Gasteiger partial charge in [0.15, 0.2) is 0 Å². The molecule has 3 rings (SSSR count). The van der Waals surface area contributed by atoms with Crippen LogP contribution < -0.4 is 4.74 Å². The predicted molar refractivity (Wildman–Crippen MR) is 95.6 cm³/mol. The molecule has 0 spiro atoms. The highest BCUT2D eigenvalue weighted by Gasteiger charge is 2.06. The number of hydrogen-bond donors (Lipinski definition) is 0. The molecule has 0 aliphatic carbocycles. The Hall–Kier alpha value is -2.88.